The summed E-state index contributed by atoms with van der Waals surface area (Å²) in [5, 5.41) is 5.38. The Labute approximate surface area is 196 Å². The molecule has 0 radical (unpaired) electrons. The highest BCUT2D eigenvalue weighted by atomic mass is 16.6. The fraction of sp³-hybridized carbons (Fsp3) is 0.583. The summed E-state index contributed by atoms with van der Waals surface area (Å²) in [6.45, 7) is 10.8. The first kappa shape index (κ1) is 27.9. The monoisotopic (exact) mass is 462 g/mol. The Morgan fingerprint density at radius 3 is 2.24 bits per heavy atom. The van der Waals surface area contributed by atoms with Gasteiger partial charge in [0.2, 0.25) is 17.7 Å². The topological polar surface area (TPSA) is 131 Å². The molecular formula is C24H38N4O5. The summed E-state index contributed by atoms with van der Waals surface area (Å²) in [4.78, 5) is 51.8. The number of hydrogen-bond donors (Lipinski definition) is 3. The Kier molecular flexibility index (Phi) is 10.3. The van der Waals surface area contributed by atoms with Crippen molar-refractivity contribution >= 4 is 23.8 Å². The predicted molar refractivity (Wildman–Crippen MR) is 126 cm³/mol. The van der Waals surface area contributed by atoms with Crippen LogP contribution in [0.5, 0.6) is 0 Å². The molecule has 0 heterocycles. The highest BCUT2D eigenvalue weighted by Crippen LogP contribution is 2.25. The molecule has 0 spiro atoms. The molecule has 0 aliphatic rings. The summed E-state index contributed by atoms with van der Waals surface area (Å²) in [7, 11) is 1.47. The summed E-state index contributed by atoms with van der Waals surface area (Å²) < 4.78 is 5.22. The molecule has 0 saturated carbocycles. The first-order chi connectivity index (χ1) is 15.3. The molecule has 0 fully saturated rings. The van der Waals surface area contributed by atoms with Gasteiger partial charge >= 0.3 is 6.09 Å². The second-order valence-corrected chi connectivity index (χ2v) is 9.28. The quantitative estimate of drug-likeness (QED) is 0.492. The zero-order valence-corrected chi connectivity index (χ0v) is 20.7. The zero-order chi connectivity index (χ0) is 25.3. The fourth-order valence-electron chi connectivity index (χ4n) is 3.47. The number of benzene rings is 1. The van der Waals surface area contributed by atoms with Crippen LogP contribution in [0.3, 0.4) is 0 Å². The Bertz CT molecular complexity index is 850. The second-order valence-electron chi connectivity index (χ2n) is 9.28. The minimum Gasteiger partial charge on any atom is -0.444 e. The zero-order valence-electron chi connectivity index (χ0n) is 20.7. The predicted octanol–water partition coefficient (Wildman–Crippen LogP) is 2.57. The maximum Gasteiger partial charge on any atom is 0.408 e. The average Bonchev–Trinajstić information content (AvgIpc) is 2.66. The van der Waals surface area contributed by atoms with Crippen LogP contribution in [0, 0.1) is 6.92 Å². The number of carbonyl (C=O) groups is 4. The van der Waals surface area contributed by atoms with Gasteiger partial charge in [-0.25, -0.2) is 4.79 Å². The van der Waals surface area contributed by atoms with Crippen LogP contribution in [0.1, 0.15) is 71.0 Å². The van der Waals surface area contributed by atoms with Crippen LogP contribution in [-0.4, -0.2) is 53.4 Å². The van der Waals surface area contributed by atoms with Gasteiger partial charge in [-0.15, -0.1) is 0 Å². The molecular weight excluding hydrogens is 424 g/mol. The summed E-state index contributed by atoms with van der Waals surface area (Å²) in [5.74, 6) is -1.76. The Morgan fingerprint density at radius 2 is 1.73 bits per heavy atom. The molecule has 0 aliphatic heterocycles. The number of nitrogens with zero attached hydrogens (tertiary/aromatic N) is 1. The van der Waals surface area contributed by atoms with Crippen molar-refractivity contribution in [2.75, 3.05) is 7.05 Å². The van der Waals surface area contributed by atoms with E-state index in [0.717, 1.165) is 18.4 Å². The molecule has 1 aromatic rings. The summed E-state index contributed by atoms with van der Waals surface area (Å²) in [6, 6.07) is 4.93. The van der Waals surface area contributed by atoms with E-state index < -0.39 is 42.0 Å². The molecule has 4 amide bonds. The van der Waals surface area contributed by atoms with Crippen molar-refractivity contribution in [2.45, 2.75) is 84.5 Å². The van der Waals surface area contributed by atoms with Crippen molar-refractivity contribution in [1.82, 2.24) is 15.5 Å². The van der Waals surface area contributed by atoms with Crippen molar-refractivity contribution in [2.24, 2.45) is 5.73 Å². The molecule has 9 heteroatoms. The van der Waals surface area contributed by atoms with Gasteiger partial charge in [0.25, 0.3) is 0 Å². The molecule has 9 nitrogen and oxygen atoms in total. The van der Waals surface area contributed by atoms with Crippen LogP contribution in [0.25, 0.3) is 0 Å². The smallest absolute Gasteiger partial charge is 0.408 e. The number of ether oxygens (including phenoxy) is 1. The third kappa shape index (κ3) is 9.11. The number of primary amides is 1. The molecule has 33 heavy (non-hydrogen) atoms. The second kappa shape index (κ2) is 12.2. The molecule has 0 saturated heterocycles. The fourth-order valence-corrected chi connectivity index (χ4v) is 3.47. The molecule has 0 bridgehead atoms. The lowest BCUT2D eigenvalue weighted by Crippen LogP contribution is -2.53. The highest BCUT2D eigenvalue weighted by molar-refractivity contribution is 5.94. The van der Waals surface area contributed by atoms with Gasteiger partial charge in [-0.2, -0.15) is 0 Å². The third-order valence-electron chi connectivity index (χ3n) is 4.97. The van der Waals surface area contributed by atoms with E-state index in [9.17, 15) is 19.2 Å². The van der Waals surface area contributed by atoms with E-state index in [4.69, 9.17) is 10.5 Å². The molecule has 3 unspecified atom stereocenters. The SMILES string of the molecule is CCCC(C)NC(=O)C(c1ccccc1C)N(C)C(=O)C(CC(N)=O)NC(=O)OC(C)(C)C. The van der Waals surface area contributed by atoms with E-state index in [1.807, 2.05) is 32.9 Å². The van der Waals surface area contributed by atoms with Crippen LogP contribution in [-0.2, 0) is 19.1 Å². The number of aryl methyl sites for hydroxylation is 1. The number of carbonyl (C=O) groups excluding carboxylic acids is 4. The van der Waals surface area contributed by atoms with E-state index in [2.05, 4.69) is 10.6 Å². The van der Waals surface area contributed by atoms with Crippen molar-refractivity contribution < 1.29 is 23.9 Å². The minimum atomic E-state index is -1.28. The van der Waals surface area contributed by atoms with Crippen LogP contribution < -0.4 is 16.4 Å². The number of rotatable bonds is 10. The first-order valence-corrected chi connectivity index (χ1v) is 11.2. The summed E-state index contributed by atoms with van der Waals surface area (Å²) in [5.41, 5.74) is 6.00. The number of hydrogen-bond acceptors (Lipinski definition) is 5. The summed E-state index contributed by atoms with van der Waals surface area (Å²) in [6.07, 6.45) is 0.389. The lowest BCUT2D eigenvalue weighted by atomic mass is 9.98. The molecule has 0 aliphatic carbocycles. The molecule has 4 N–H and O–H groups in total. The summed E-state index contributed by atoms with van der Waals surface area (Å²) >= 11 is 0. The van der Waals surface area contributed by atoms with E-state index >= 15 is 0 Å². The van der Waals surface area contributed by atoms with Crippen LogP contribution in [0.4, 0.5) is 4.79 Å². The number of nitrogens with two attached hydrogens (primary N) is 1. The minimum absolute atomic E-state index is 0.0844. The van der Waals surface area contributed by atoms with Gasteiger partial charge in [-0.3, -0.25) is 14.4 Å². The van der Waals surface area contributed by atoms with Crippen LogP contribution in [0.15, 0.2) is 24.3 Å². The largest absolute Gasteiger partial charge is 0.444 e. The molecule has 3 atom stereocenters. The maximum absolute atomic E-state index is 13.4. The van der Waals surface area contributed by atoms with Gasteiger partial charge in [0.15, 0.2) is 0 Å². The Balaban J connectivity index is 3.27. The molecule has 1 aromatic carbocycles. The highest BCUT2D eigenvalue weighted by Gasteiger charge is 2.35. The molecule has 0 aromatic heterocycles. The van der Waals surface area contributed by atoms with Gasteiger partial charge in [0.1, 0.15) is 17.7 Å². The van der Waals surface area contributed by atoms with Crippen molar-refractivity contribution in [1.29, 1.82) is 0 Å². The lowest BCUT2D eigenvalue weighted by molar-refractivity contribution is -0.142. The van der Waals surface area contributed by atoms with E-state index in [0.29, 0.717) is 5.56 Å². The van der Waals surface area contributed by atoms with Crippen molar-refractivity contribution in [3.8, 4) is 0 Å². The third-order valence-corrected chi connectivity index (χ3v) is 4.97. The van der Waals surface area contributed by atoms with Crippen molar-refractivity contribution in [3.63, 3.8) is 0 Å². The van der Waals surface area contributed by atoms with Crippen LogP contribution >= 0.6 is 0 Å². The van der Waals surface area contributed by atoms with Gasteiger partial charge in [-0.05, 0) is 52.2 Å². The Hall–Kier alpha value is -3.10. The van der Waals surface area contributed by atoms with E-state index in [-0.39, 0.29) is 11.9 Å². The lowest BCUT2D eigenvalue weighted by Gasteiger charge is -2.32. The van der Waals surface area contributed by atoms with Gasteiger partial charge in [-0.1, -0.05) is 37.6 Å². The number of nitrogens with one attached hydrogen (secondary N) is 2. The first-order valence-electron chi connectivity index (χ1n) is 11.2. The number of likely N-dealkylation sites (N-methyl/N-ethyl adjacent to an activating group) is 1. The number of alkyl carbamates (subject to hydrolysis) is 1. The Morgan fingerprint density at radius 1 is 1.12 bits per heavy atom. The molecule has 1 rings (SSSR count). The maximum atomic E-state index is 13.4. The van der Waals surface area contributed by atoms with Crippen LogP contribution in [0.2, 0.25) is 0 Å². The van der Waals surface area contributed by atoms with E-state index in [1.54, 1.807) is 32.9 Å². The normalized spacial score (nSPS) is 13.9. The standard InChI is InChI=1S/C24H38N4O5/c1-8-11-16(3)26-21(30)20(17-13-10-9-12-15(17)2)28(7)22(31)18(14-19(25)29)27-23(32)33-24(4,5)6/h9-10,12-13,16,18,20H,8,11,14H2,1-7H3,(H2,25,29)(H,26,30)(H,27,32). The van der Waals surface area contributed by atoms with Gasteiger partial charge in [0, 0.05) is 13.1 Å². The van der Waals surface area contributed by atoms with Gasteiger partial charge in [0.05, 0.1) is 6.42 Å². The van der Waals surface area contributed by atoms with Crippen molar-refractivity contribution in [3.05, 3.63) is 35.4 Å². The number of amides is 4. The van der Waals surface area contributed by atoms with E-state index in [1.165, 1.54) is 11.9 Å². The average molecular weight is 463 g/mol. The molecule has 184 valence electrons. The van der Waals surface area contributed by atoms with Gasteiger partial charge < -0.3 is 26.0 Å².